The Morgan fingerprint density at radius 1 is 1.35 bits per heavy atom. The third-order valence-electron chi connectivity index (χ3n) is 2.42. The zero-order valence-corrected chi connectivity index (χ0v) is 10.4. The van der Waals surface area contributed by atoms with E-state index in [4.69, 9.17) is 21.4 Å². The molecule has 0 saturated heterocycles. The summed E-state index contributed by atoms with van der Waals surface area (Å²) in [5.41, 5.74) is 1.02. The van der Waals surface area contributed by atoms with Crippen molar-refractivity contribution in [3.63, 3.8) is 0 Å². The lowest BCUT2D eigenvalue weighted by Gasteiger charge is -2.09. The molecule has 4 nitrogen and oxygen atoms in total. The number of rotatable bonds is 5. The van der Waals surface area contributed by atoms with Crippen molar-refractivity contribution in [3.8, 4) is 5.75 Å². The number of benzene rings is 1. The minimum atomic E-state index is -1.00. The lowest BCUT2D eigenvalue weighted by atomic mass is 10.0. The van der Waals surface area contributed by atoms with E-state index in [-0.39, 0.29) is 18.6 Å². The fourth-order valence-electron chi connectivity index (χ4n) is 1.46. The van der Waals surface area contributed by atoms with E-state index in [2.05, 4.69) is 0 Å². The number of carbonyl (C=O) groups is 2. The van der Waals surface area contributed by atoms with E-state index < -0.39 is 5.97 Å². The predicted molar refractivity (Wildman–Crippen MR) is 63.9 cm³/mol. The van der Waals surface area contributed by atoms with Gasteiger partial charge in [0.15, 0.2) is 5.78 Å². The second-order valence-corrected chi connectivity index (χ2v) is 3.95. The number of carboxylic acid groups (broad SMARTS) is 1. The maximum absolute atomic E-state index is 11.7. The number of carbonyl (C=O) groups excluding carboxylic acids is 1. The largest absolute Gasteiger partial charge is 0.496 e. The molecule has 0 unspecified atom stereocenters. The molecule has 0 bridgehead atoms. The number of hydrogen-bond acceptors (Lipinski definition) is 3. The summed E-state index contributed by atoms with van der Waals surface area (Å²) in [4.78, 5) is 22.1. The molecule has 0 spiro atoms. The molecular formula is C12H13ClO4. The van der Waals surface area contributed by atoms with Crippen LogP contribution in [0.2, 0.25) is 5.02 Å². The standard InChI is InChI=1S/C12H13ClO4/c1-7-10(17-2)5-3-8(12(7)13)9(14)4-6-11(15)16/h3,5H,4,6H2,1-2H3,(H,15,16). The highest BCUT2D eigenvalue weighted by Crippen LogP contribution is 2.29. The van der Waals surface area contributed by atoms with Gasteiger partial charge in [-0.2, -0.15) is 0 Å². The van der Waals surface area contributed by atoms with Crippen LogP contribution in [0.3, 0.4) is 0 Å². The summed E-state index contributed by atoms with van der Waals surface area (Å²) in [7, 11) is 1.52. The van der Waals surface area contributed by atoms with E-state index in [1.54, 1.807) is 19.1 Å². The number of ketones is 1. The molecule has 0 aromatic heterocycles. The fraction of sp³-hybridized carbons (Fsp3) is 0.333. The molecule has 1 aromatic rings. The molecule has 5 heteroatoms. The molecule has 0 aliphatic rings. The van der Waals surface area contributed by atoms with Crippen LogP contribution in [0.4, 0.5) is 0 Å². The first-order valence-electron chi connectivity index (χ1n) is 5.05. The molecule has 17 heavy (non-hydrogen) atoms. The van der Waals surface area contributed by atoms with Crippen LogP contribution in [0, 0.1) is 6.92 Å². The minimum absolute atomic E-state index is 0.0547. The van der Waals surface area contributed by atoms with E-state index in [1.165, 1.54) is 7.11 Å². The molecule has 0 fully saturated rings. The Morgan fingerprint density at radius 2 is 2.00 bits per heavy atom. The average Bonchev–Trinajstić information content (AvgIpc) is 2.29. The molecular weight excluding hydrogens is 244 g/mol. The zero-order chi connectivity index (χ0) is 13.0. The second kappa shape index (κ2) is 5.68. The SMILES string of the molecule is COc1ccc(C(=O)CCC(=O)O)c(Cl)c1C. The summed E-state index contributed by atoms with van der Waals surface area (Å²) in [5.74, 6) is -0.673. The number of aliphatic carboxylic acids is 1. The monoisotopic (exact) mass is 256 g/mol. The lowest BCUT2D eigenvalue weighted by molar-refractivity contribution is -0.136. The highest BCUT2D eigenvalue weighted by molar-refractivity contribution is 6.35. The quantitative estimate of drug-likeness (QED) is 0.823. The topological polar surface area (TPSA) is 63.6 Å². The highest BCUT2D eigenvalue weighted by atomic mass is 35.5. The molecule has 0 aliphatic carbocycles. The molecule has 0 heterocycles. The van der Waals surface area contributed by atoms with Crippen molar-refractivity contribution in [3.05, 3.63) is 28.3 Å². The number of ether oxygens (including phenoxy) is 1. The van der Waals surface area contributed by atoms with Gasteiger partial charge in [0, 0.05) is 17.5 Å². The maximum Gasteiger partial charge on any atom is 0.303 e. The van der Waals surface area contributed by atoms with Crippen LogP contribution in [0.15, 0.2) is 12.1 Å². The second-order valence-electron chi connectivity index (χ2n) is 3.57. The fourth-order valence-corrected chi connectivity index (χ4v) is 1.72. The van der Waals surface area contributed by atoms with Gasteiger partial charge in [0.05, 0.1) is 18.6 Å². The van der Waals surface area contributed by atoms with Crippen LogP contribution in [0.5, 0.6) is 5.75 Å². The van der Waals surface area contributed by atoms with Crippen molar-refractivity contribution in [1.82, 2.24) is 0 Å². The van der Waals surface area contributed by atoms with Crippen molar-refractivity contribution in [2.75, 3.05) is 7.11 Å². The highest BCUT2D eigenvalue weighted by Gasteiger charge is 2.15. The van der Waals surface area contributed by atoms with Crippen molar-refractivity contribution in [2.24, 2.45) is 0 Å². The first-order chi connectivity index (χ1) is 7.97. The van der Waals surface area contributed by atoms with Crippen LogP contribution >= 0.6 is 11.6 Å². The molecule has 0 radical (unpaired) electrons. The number of halogens is 1. The number of methoxy groups -OCH3 is 1. The third-order valence-corrected chi connectivity index (χ3v) is 2.91. The summed E-state index contributed by atoms with van der Waals surface area (Å²) >= 11 is 6.04. The Kier molecular flexibility index (Phi) is 4.52. The Morgan fingerprint density at radius 3 is 2.53 bits per heavy atom. The first kappa shape index (κ1) is 13.5. The molecule has 0 amide bonds. The summed E-state index contributed by atoms with van der Waals surface area (Å²) in [6.45, 7) is 1.75. The normalized spacial score (nSPS) is 10.1. The van der Waals surface area contributed by atoms with E-state index in [0.29, 0.717) is 21.9 Å². The molecule has 0 atom stereocenters. The van der Waals surface area contributed by atoms with Gasteiger partial charge >= 0.3 is 5.97 Å². The summed E-state index contributed by atoms with van der Waals surface area (Å²) < 4.78 is 5.07. The van der Waals surface area contributed by atoms with Gasteiger partial charge in [-0.05, 0) is 19.1 Å². The van der Waals surface area contributed by atoms with Gasteiger partial charge in [0.1, 0.15) is 5.75 Å². The van der Waals surface area contributed by atoms with E-state index in [1.807, 2.05) is 0 Å². The van der Waals surface area contributed by atoms with Gasteiger partial charge in [0.2, 0.25) is 0 Å². The summed E-state index contributed by atoms with van der Waals surface area (Å²) in [6.07, 6.45) is -0.249. The van der Waals surface area contributed by atoms with Gasteiger partial charge < -0.3 is 9.84 Å². The van der Waals surface area contributed by atoms with E-state index >= 15 is 0 Å². The van der Waals surface area contributed by atoms with Crippen molar-refractivity contribution in [1.29, 1.82) is 0 Å². The van der Waals surface area contributed by atoms with Crippen LogP contribution in [0.1, 0.15) is 28.8 Å². The Balaban J connectivity index is 2.95. The molecule has 92 valence electrons. The van der Waals surface area contributed by atoms with Gasteiger partial charge in [-0.25, -0.2) is 0 Å². The number of carboxylic acids is 1. The smallest absolute Gasteiger partial charge is 0.303 e. The van der Waals surface area contributed by atoms with Gasteiger partial charge in [-0.1, -0.05) is 11.6 Å². The first-order valence-corrected chi connectivity index (χ1v) is 5.43. The number of hydrogen-bond donors (Lipinski definition) is 1. The van der Waals surface area contributed by atoms with Crippen LogP contribution in [-0.2, 0) is 4.79 Å². The summed E-state index contributed by atoms with van der Waals surface area (Å²) in [5, 5.41) is 8.83. The van der Waals surface area contributed by atoms with Gasteiger partial charge in [0.25, 0.3) is 0 Å². The maximum atomic E-state index is 11.7. The molecule has 0 saturated carbocycles. The van der Waals surface area contributed by atoms with Crippen LogP contribution < -0.4 is 4.74 Å². The van der Waals surface area contributed by atoms with Crippen molar-refractivity contribution < 1.29 is 19.4 Å². The minimum Gasteiger partial charge on any atom is -0.496 e. The molecule has 1 aromatic carbocycles. The van der Waals surface area contributed by atoms with Gasteiger partial charge in [-0.3, -0.25) is 9.59 Å². The zero-order valence-electron chi connectivity index (χ0n) is 9.62. The summed E-state index contributed by atoms with van der Waals surface area (Å²) in [6, 6.07) is 3.20. The predicted octanol–water partition coefficient (Wildman–Crippen LogP) is 2.70. The Bertz CT molecular complexity index is 454. The third kappa shape index (κ3) is 3.20. The van der Waals surface area contributed by atoms with Crippen molar-refractivity contribution >= 4 is 23.4 Å². The van der Waals surface area contributed by atoms with Gasteiger partial charge in [-0.15, -0.1) is 0 Å². The van der Waals surface area contributed by atoms with E-state index in [0.717, 1.165) is 0 Å². The van der Waals surface area contributed by atoms with Crippen LogP contribution in [-0.4, -0.2) is 24.0 Å². The Hall–Kier alpha value is -1.55. The molecule has 1 N–H and O–H groups in total. The Labute approximate surface area is 104 Å². The van der Waals surface area contributed by atoms with Crippen molar-refractivity contribution in [2.45, 2.75) is 19.8 Å². The number of Topliss-reactive ketones (excluding diaryl/α,β-unsaturated/α-hetero) is 1. The molecule has 1 rings (SSSR count). The lowest BCUT2D eigenvalue weighted by Crippen LogP contribution is -2.05. The molecule has 0 aliphatic heterocycles. The van der Waals surface area contributed by atoms with Crippen LogP contribution in [0.25, 0.3) is 0 Å². The van der Waals surface area contributed by atoms with E-state index in [9.17, 15) is 9.59 Å². The average molecular weight is 257 g/mol.